The van der Waals surface area contributed by atoms with Gasteiger partial charge in [-0.1, -0.05) is 13.3 Å². The van der Waals surface area contributed by atoms with Crippen LogP contribution in [0.3, 0.4) is 0 Å². The molecule has 3 aromatic rings. The first kappa shape index (κ1) is 23.1. The van der Waals surface area contributed by atoms with Crippen LogP contribution in [0.2, 0.25) is 0 Å². The highest BCUT2D eigenvalue weighted by Gasteiger charge is 2.14. The summed E-state index contributed by atoms with van der Waals surface area (Å²) >= 11 is 1.30. The molecule has 0 saturated heterocycles. The van der Waals surface area contributed by atoms with Crippen LogP contribution in [0.25, 0.3) is 0 Å². The molecule has 2 aromatic carbocycles. The summed E-state index contributed by atoms with van der Waals surface area (Å²) in [6.45, 7) is 2.43. The van der Waals surface area contributed by atoms with Crippen LogP contribution in [-0.2, 0) is 4.74 Å². The fraction of sp³-hybridized carbons (Fsp3) is 0.261. The Morgan fingerprint density at radius 3 is 2.53 bits per heavy atom. The SMILES string of the molecule is CCCCOC(=O)c1ccc(NC(=O)c2csc(Nc3ccc(OC)cc3OC)n2)cc1. The molecule has 3 rings (SSSR count). The number of hydrogen-bond donors (Lipinski definition) is 2. The van der Waals surface area contributed by atoms with E-state index in [1.807, 2.05) is 13.0 Å². The van der Waals surface area contributed by atoms with Gasteiger partial charge in [0.25, 0.3) is 5.91 Å². The van der Waals surface area contributed by atoms with Crippen molar-refractivity contribution < 1.29 is 23.8 Å². The monoisotopic (exact) mass is 455 g/mol. The molecule has 0 fully saturated rings. The number of aromatic nitrogens is 1. The number of anilines is 3. The van der Waals surface area contributed by atoms with Gasteiger partial charge in [0.15, 0.2) is 5.13 Å². The number of hydrogen-bond acceptors (Lipinski definition) is 8. The molecule has 0 aliphatic heterocycles. The maximum absolute atomic E-state index is 12.6. The number of benzene rings is 2. The molecule has 0 aliphatic carbocycles. The first-order valence-corrected chi connectivity index (χ1v) is 10.9. The van der Waals surface area contributed by atoms with Gasteiger partial charge < -0.3 is 24.8 Å². The number of unbranched alkanes of at least 4 members (excludes halogenated alkanes) is 1. The van der Waals surface area contributed by atoms with Gasteiger partial charge in [-0.15, -0.1) is 11.3 Å². The topological polar surface area (TPSA) is 98.8 Å². The van der Waals surface area contributed by atoms with Crippen molar-refractivity contribution in [2.75, 3.05) is 31.5 Å². The molecule has 9 heteroatoms. The fourth-order valence-electron chi connectivity index (χ4n) is 2.73. The van der Waals surface area contributed by atoms with Gasteiger partial charge >= 0.3 is 5.97 Å². The number of carbonyl (C=O) groups is 2. The van der Waals surface area contributed by atoms with E-state index in [-0.39, 0.29) is 17.6 Å². The Hall–Kier alpha value is -3.59. The largest absolute Gasteiger partial charge is 0.497 e. The average Bonchev–Trinajstić information content (AvgIpc) is 3.28. The maximum atomic E-state index is 12.6. The van der Waals surface area contributed by atoms with E-state index in [0.29, 0.717) is 40.2 Å². The first-order valence-electron chi connectivity index (χ1n) is 10.1. The summed E-state index contributed by atoms with van der Waals surface area (Å²) in [4.78, 5) is 28.9. The number of ether oxygens (including phenoxy) is 3. The normalized spacial score (nSPS) is 10.3. The summed E-state index contributed by atoms with van der Waals surface area (Å²) in [5.74, 6) is 0.542. The van der Waals surface area contributed by atoms with Gasteiger partial charge in [-0.2, -0.15) is 0 Å². The molecule has 2 N–H and O–H groups in total. The molecule has 0 radical (unpaired) electrons. The molecule has 0 saturated carbocycles. The molecule has 1 amide bonds. The highest BCUT2D eigenvalue weighted by atomic mass is 32.1. The van der Waals surface area contributed by atoms with Crippen LogP contribution in [0.4, 0.5) is 16.5 Å². The summed E-state index contributed by atoms with van der Waals surface area (Å²) in [5, 5.41) is 8.13. The standard InChI is InChI=1S/C23H25N3O5S/c1-4-5-12-31-22(28)15-6-8-16(9-7-15)24-21(27)19-14-32-23(26-19)25-18-11-10-17(29-2)13-20(18)30-3/h6-11,13-14H,4-5,12H2,1-3H3,(H,24,27)(H,25,26). The number of rotatable bonds is 10. The van der Waals surface area contributed by atoms with Crippen LogP contribution in [0.1, 0.15) is 40.6 Å². The molecule has 0 spiro atoms. The van der Waals surface area contributed by atoms with E-state index in [1.54, 1.807) is 56.0 Å². The summed E-state index contributed by atoms with van der Waals surface area (Å²) in [5.41, 5.74) is 1.97. The Kier molecular flexibility index (Phi) is 8.04. The fourth-order valence-corrected chi connectivity index (χ4v) is 3.43. The Morgan fingerprint density at radius 1 is 1.06 bits per heavy atom. The highest BCUT2D eigenvalue weighted by molar-refractivity contribution is 7.14. The van der Waals surface area contributed by atoms with Crippen molar-refractivity contribution in [3.05, 3.63) is 59.1 Å². The Labute approximate surface area is 190 Å². The third-order valence-corrected chi connectivity index (χ3v) is 5.25. The number of amides is 1. The maximum Gasteiger partial charge on any atom is 0.338 e. The van der Waals surface area contributed by atoms with Crippen LogP contribution >= 0.6 is 11.3 Å². The molecule has 0 bridgehead atoms. The van der Waals surface area contributed by atoms with E-state index in [1.165, 1.54) is 11.3 Å². The third kappa shape index (κ3) is 5.98. The number of carbonyl (C=O) groups excluding carboxylic acids is 2. The van der Waals surface area contributed by atoms with Crippen LogP contribution in [0.5, 0.6) is 11.5 Å². The molecule has 168 valence electrons. The molecule has 1 heterocycles. The summed E-state index contributed by atoms with van der Waals surface area (Å²) in [6.07, 6.45) is 1.79. The molecule has 0 atom stereocenters. The van der Waals surface area contributed by atoms with Crippen molar-refractivity contribution in [2.24, 2.45) is 0 Å². The molecule has 32 heavy (non-hydrogen) atoms. The van der Waals surface area contributed by atoms with Crippen molar-refractivity contribution in [3.8, 4) is 11.5 Å². The molecular weight excluding hydrogens is 430 g/mol. The lowest BCUT2D eigenvalue weighted by Gasteiger charge is -2.10. The first-order chi connectivity index (χ1) is 15.5. The zero-order valence-electron chi connectivity index (χ0n) is 18.1. The van der Waals surface area contributed by atoms with Crippen LogP contribution in [0.15, 0.2) is 47.8 Å². The van der Waals surface area contributed by atoms with Gasteiger partial charge in [-0.3, -0.25) is 4.79 Å². The predicted molar refractivity (Wildman–Crippen MR) is 125 cm³/mol. The Morgan fingerprint density at radius 2 is 1.84 bits per heavy atom. The second kappa shape index (κ2) is 11.1. The highest BCUT2D eigenvalue weighted by Crippen LogP contribution is 2.32. The summed E-state index contributed by atoms with van der Waals surface area (Å²) in [6, 6.07) is 11.9. The second-order valence-electron chi connectivity index (χ2n) is 6.75. The molecule has 1 aromatic heterocycles. The van der Waals surface area contributed by atoms with Gasteiger partial charge in [-0.05, 0) is 42.8 Å². The summed E-state index contributed by atoms with van der Waals surface area (Å²) in [7, 11) is 3.15. The van der Waals surface area contributed by atoms with Crippen LogP contribution in [-0.4, -0.2) is 37.7 Å². The summed E-state index contributed by atoms with van der Waals surface area (Å²) < 4.78 is 15.7. The Bertz CT molecular complexity index is 1070. The van der Waals surface area contributed by atoms with Crippen molar-refractivity contribution in [3.63, 3.8) is 0 Å². The van der Waals surface area contributed by atoms with E-state index in [2.05, 4.69) is 15.6 Å². The average molecular weight is 456 g/mol. The number of methoxy groups -OCH3 is 2. The van der Waals surface area contributed by atoms with E-state index in [4.69, 9.17) is 14.2 Å². The Balaban J connectivity index is 1.61. The van der Waals surface area contributed by atoms with Gasteiger partial charge in [0.2, 0.25) is 0 Å². The van der Waals surface area contributed by atoms with Gasteiger partial charge in [-0.25, -0.2) is 9.78 Å². The van der Waals surface area contributed by atoms with E-state index < -0.39 is 0 Å². The molecular formula is C23H25N3O5S. The van der Waals surface area contributed by atoms with Crippen molar-refractivity contribution in [1.29, 1.82) is 0 Å². The molecule has 0 unspecified atom stereocenters. The zero-order chi connectivity index (χ0) is 22.9. The number of nitrogens with zero attached hydrogens (tertiary/aromatic N) is 1. The van der Waals surface area contributed by atoms with Gasteiger partial charge in [0.1, 0.15) is 17.2 Å². The van der Waals surface area contributed by atoms with Gasteiger partial charge in [0, 0.05) is 17.1 Å². The lowest BCUT2D eigenvalue weighted by atomic mass is 10.2. The number of esters is 1. The zero-order valence-corrected chi connectivity index (χ0v) is 19.0. The van der Waals surface area contributed by atoms with E-state index >= 15 is 0 Å². The van der Waals surface area contributed by atoms with Crippen molar-refractivity contribution in [2.45, 2.75) is 19.8 Å². The number of nitrogens with one attached hydrogen (secondary N) is 2. The molecule has 0 aliphatic rings. The minimum atomic E-state index is -0.375. The predicted octanol–water partition coefficient (Wildman–Crippen LogP) is 5.11. The lowest BCUT2D eigenvalue weighted by molar-refractivity contribution is 0.0499. The minimum absolute atomic E-state index is 0.271. The number of thiazole rings is 1. The van der Waals surface area contributed by atoms with Crippen LogP contribution in [0, 0.1) is 0 Å². The second-order valence-corrected chi connectivity index (χ2v) is 7.61. The molecule has 8 nitrogen and oxygen atoms in total. The lowest BCUT2D eigenvalue weighted by Crippen LogP contribution is -2.13. The quantitative estimate of drug-likeness (QED) is 0.324. The van der Waals surface area contributed by atoms with E-state index in [9.17, 15) is 9.59 Å². The minimum Gasteiger partial charge on any atom is -0.497 e. The van der Waals surface area contributed by atoms with Gasteiger partial charge in [0.05, 0.1) is 32.1 Å². The smallest absolute Gasteiger partial charge is 0.338 e. The third-order valence-electron chi connectivity index (χ3n) is 4.50. The van der Waals surface area contributed by atoms with Crippen LogP contribution < -0.4 is 20.1 Å². The van der Waals surface area contributed by atoms with Crippen molar-refractivity contribution >= 4 is 39.7 Å². The van der Waals surface area contributed by atoms with E-state index in [0.717, 1.165) is 12.8 Å². The van der Waals surface area contributed by atoms with Crippen molar-refractivity contribution in [1.82, 2.24) is 4.98 Å².